The molecule has 5 N–H and O–H groups in total. The molecule has 1 aromatic rings. The van der Waals surface area contributed by atoms with Crippen LogP contribution in [0, 0.1) is 11.3 Å². The SMILES string of the molecule is N#C[C@@H](N)c1c(O)cc(O)cc1O. The third-order valence-electron chi connectivity index (χ3n) is 1.57. The van der Waals surface area contributed by atoms with Crippen LogP contribution in [0.2, 0.25) is 0 Å². The van der Waals surface area contributed by atoms with E-state index in [2.05, 4.69) is 0 Å². The van der Waals surface area contributed by atoms with E-state index in [4.69, 9.17) is 16.1 Å². The van der Waals surface area contributed by atoms with Crippen molar-refractivity contribution in [2.24, 2.45) is 5.73 Å². The molecule has 0 aromatic heterocycles. The maximum atomic E-state index is 9.22. The van der Waals surface area contributed by atoms with E-state index < -0.39 is 17.5 Å². The first-order valence-corrected chi connectivity index (χ1v) is 3.46. The molecule has 0 aliphatic rings. The van der Waals surface area contributed by atoms with Crippen LogP contribution in [0.3, 0.4) is 0 Å². The minimum Gasteiger partial charge on any atom is -0.508 e. The molecule has 0 radical (unpaired) electrons. The first-order valence-electron chi connectivity index (χ1n) is 3.46. The number of nitriles is 1. The van der Waals surface area contributed by atoms with Crippen LogP contribution in [0.25, 0.3) is 0 Å². The minimum atomic E-state index is -1.11. The standard InChI is InChI=1S/C8H8N2O3/c9-3-5(10)8-6(12)1-4(11)2-7(8)13/h1-2,5,11-13H,10H2/t5-/m1/s1. The molecule has 0 amide bonds. The monoisotopic (exact) mass is 180 g/mol. The second kappa shape index (κ2) is 3.21. The third kappa shape index (κ3) is 1.63. The smallest absolute Gasteiger partial charge is 0.128 e. The molecule has 0 unspecified atom stereocenters. The Labute approximate surface area is 74.3 Å². The summed E-state index contributed by atoms with van der Waals surface area (Å²) in [6.07, 6.45) is 0. The van der Waals surface area contributed by atoms with Crippen LogP contribution in [0.4, 0.5) is 0 Å². The highest BCUT2D eigenvalue weighted by molar-refractivity contribution is 5.51. The fraction of sp³-hybridized carbons (Fsp3) is 0.125. The van der Waals surface area contributed by atoms with Gasteiger partial charge < -0.3 is 21.1 Å². The number of benzene rings is 1. The van der Waals surface area contributed by atoms with Gasteiger partial charge in [-0.15, -0.1) is 0 Å². The first-order chi connectivity index (χ1) is 6.06. The number of nitrogens with zero attached hydrogens (tertiary/aromatic N) is 1. The molecule has 1 rings (SSSR count). The minimum absolute atomic E-state index is 0.0831. The maximum Gasteiger partial charge on any atom is 0.128 e. The molecule has 0 saturated carbocycles. The van der Waals surface area contributed by atoms with E-state index in [0.717, 1.165) is 12.1 Å². The molecule has 0 heterocycles. The van der Waals surface area contributed by atoms with E-state index in [1.165, 1.54) is 0 Å². The highest BCUT2D eigenvalue weighted by Crippen LogP contribution is 2.35. The van der Waals surface area contributed by atoms with Crippen LogP contribution in [-0.4, -0.2) is 15.3 Å². The van der Waals surface area contributed by atoms with Gasteiger partial charge in [-0.3, -0.25) is 0 Å². The Balaban J connectivity index is 3.30. The highest BCUT2D eigenvalue weighted by Gasteiger charge is 2.16. The van der Waals surface area contributed by atoms with Crippen LogP contribution in [-0.2, 0) is 0 Å². The summed E-state index contributed by atoms with van der Waals surface area (Å²) >= 11 is 0. The summed E-state index contributed by atoms with van der Waals surface area (Å²) in [5.41, 5.74) is 5.20. The zero-order chi connectivity index (χ0) is 10.0. The molecule has 0 spiro atoms. The summed E-state index contributed by atoms with van der Waals surface area (Å²) in [6.45, 7) is 0. The van der Waals surface area contributed by atoms with Crippen molar-refractivity contribution in [3.05, 3.63) is 17.7 Å². The fourth-order valence-corrected chi connectivity index (χ4v) is 0.992. The molecule has 0 fully saturated rings. The van der Waals surface area contributed by atoms with Gasteiger partial charge in [0.25, 0.3) is 0 Å². The van der Waals surface area contributed by atoms with Crippen molar-refractivity contribution >= 4 is 0 Å². The predicted octanol–water partition coefficient (Wildman–Crippen LogP) is 0.327. The Morgan fingerprint density at radius 3 is 2.08 bits per heavy atom. The van der Waals surface area contributed by atoms with Crippen molar-refractivity contribution in [2.45, 2.75) is 6.04 Å². The zero-order valence-corrected chi connectivity index (χ0v) is 6.60. The lowest BCUT2D eigenvalue weighted by Gasteiger charge is -2.08. The van der Waals surface area contributed by atoms with E-state index in [-0.39, 0.29) is 11.3 Å². The average Bonchev–Trinajstić information content (AvgIpc) is 2.02. The Bertz CT molecular complexity index is 347. The van der Waals surface area contributed by atoms with Gasteiger partial charge in [0.15, 0.2) is 0 Å². The van der Waals surface area contributed by atoms with Gasteiger partial charge in [-0.25, -0.2) is 0 Å². The Morgan fingerprint density at radius 2 is 1.69 bits per heavy atom. The third-order valence-corrected chi connectivity index (χ3v) is 1.57. The number of hydrogen-bond donors (Lipinski definition) is 4. The summed E-state index contributed by atoms with van der Waals surface area (Å²) in [6, 6.07) is 2.56. The maximum absolute atomic E-state index is 9.22. The van der Waals surface area contributed by atoms with Crippen molar-refractivity contribution in [2.75, 3.05) is 0 Å². The number of nitrogens with two attached hydrogens (primary N) is 1. The quantitative estimate of drug-likeness (QED) is 0.497. The van der Waals surface area contributed by atoms with E-state index >= 15 is 0 Å². The van der Waals surface area contributed by atoms with Crippen LogP contribution < -0.4 is 5.73 Å². The van der Waals surface area contributed by atoms with Crippen LogP contribution in [0.5, 0.6) is 17.2 Å². The summed E-state index contributed by atoms with van der Waals surface area (Å²) in [5, 5.41) is 35.8. The largest absolute Gasteiger partial charge is 0.508 e. The summed E-state index contributed by atoms with van der Waals surface area (Å²) in [4.78, 5) is 0. The van der Waals surface area contributed by atoms with Crippen molar-refractivity contribution in [3.63, 3.8) is 0 Å². The summed E-state index contributed by atoms with van der Waals surface area (Å²) in [5.74, 6) is -1.08. The van der Waals surface area contributed by atoms with Crippen molar-refractivity contribution in [1.82, 2.24) is 0 Å². The van der Waals surface area contributed by atoms with E-state index in [0.29, 0.717) is 0 Å². The van der Waals surface area contributed by atoms with Gasteiger partial charge in [-0.1, -0.05) is 0 Å². The van der Waals surface area contributed by atoms with Crippen LogP contribution >= 0.6 is 0 Å². The first kappa shape index (κ1) is 9.16. The lowest BCUT2D eigenvalue weighted by atomic mass is 10.1. The Kier molecular flexibility index (Phi) is 2.26. The molecule has 0 aliphatic carbocycles. The molecule has 5 heteroatoms. The number of rotatable bonds is 1. The van der Waals surface area contributed by atoms with Gasteiger partial charge in [0, 0.05) is 12.1 Å². The predicted molar refractivity (Wildman–Crippen MR) is 44.0 cm³/mol. The van der Waals surface area contributed by atoms with Gasteiger partial charge in [-0.05, 0) is 0 Å². The molecule has 1 atom stereocenters. The number of hydrogen-bond acceptors (Lipinski definition) is 5. The number of phenolic OH excluding ortho intramolecular Hbond substituents is 3. The Morgan fingerprint density at radius 1 is 1.23 bits per heavy atom. The summed E-state index contributed by atoms with van der Waals surface area (Å²) < 4.78 is 0. The molecular formula is C8H8N2O3. The van der Waals surface area contributed by atoms with Gasteiger partial charge in [0.05, 0.1) is 11.6 Å². The lowest BCUT2D eigenvalue weighted by molar-refractivity contribution is 0.417. The van der Waals surface area contributed by atoms with E-state index in [1.54, 1.807) is 6.07 Å². The van der Waals surface area contributed by atoms with Gasteiger partial charge in [0.2, 0.25) is 0 Å². The molecule has 1 aromatic carbocycles. The molecule has 0 aliphatic heterocycles. The van der Waals surface area contributed by atoms with Gasteiger partial charge in [-0.2, -0.15) is 5.26 Å². The molecule has 68 valence electrons. The van der Waals surface area contributed by atoms with Crippen molar-refractivity contribution in [1.29, 1.82) is 5.26 Å². The normalized spacial score (nSPS) is 12.0. The van der Waals surface area contributed by atoms with E-state index in [9.17, 15) is 10.2 Å². The van der Waals surface area contributed by atoms with Crippen LogP contribution in [0.1, 0.15) is 11.6 Å². The van der Waals surface area contributed by atoms with Crippen molar-refractivity contribution in [3.8, 4) is 23.3 Å². The van der Waals surface area contributed by atoms with Gasteiger partial charge in [0.1, 0.15) is 23.3 Å². The number of aromatic hydroxyl groups is 3. The highest BCUT2D eigenvalue weighted by atomic mass is 16.3. The average molecular weight is 180 g/mol. The van der Waals surface area contributed by atoms with Gasteiger partial charge >= 0.3 is 0 Å². The molecule has 0 saturated heterocycles. The lowest BCUT2D eigenvalue weighted by Crippen LogP contribution is -2.07. The van der Waals surface area contributed by atoms with Crippen LogP contribution in [0.15, 0.2) is 12.1 Å². The Hall–Kier alpha value is -1.93. The molecular weight excluding hydrogens is 172 g/mol. The summed E-state index contributed by atoms with van der Waals surface area (Å²) in [7, 11) is 0. The second-order valence-electron chi connectivity index (χ2n) is 2.50. The zero-order valence-electron chi connectivity index (χ0n) is 6.60. The molecule has 5 nitrogen and oxygen atoms in total. The topological polar surface area (TPSA) is 111 Å². The molecule has 13 heavy (non-hydrogen) atoms. The van der Waals surface area contributed by atoms with Crippen molar-refractivity contribution < 1.29 is 15.3 Å². The number of phenols is 3. The molecule has 0 bridgehead atoms. The second-order valence-corrected chi connectivity index (χ2v) is 2.50. The van der Waals surface area contributed by atoms with E-state index in [1.807, 2.05) is 0 Å². The fourth-order valence-electron chi connectivity index (χ4n) is 0.992.